The van der Waals surface area contributed by atoms with Gasteiger partial charge in [0.15, 0.2) is 0 Å². The molecule has 36 heavy (non-hydrogen) atoms. The molecule has 6 heteroatoms. The van der Waals surface area contributed by atoms with Crippen LogP contribution in [0.1, 0.15) is 61.8 Å². The number of rotatable bonds is 6. The molecule has 1 aliphatic heterocycles. The number of nitrogen functional groups attached to an aromatic ring is 1. The van der Waals surface area contributed by atoms with Crippen LogP contribution in [-0.4, -0.2) is 39.8 Å². The molecule has 3 aromatic rings. The molecule has 0 radical (unpaired) electrons. The predicted octanol–water partition coefficient (Wildman–Crippen LogP) is 5.72. The van der Waals surface area contributed by atoms with Gasteiger partial charge in [-0.1, -0.05) is 54.6 Å². The summed E-state index contributed by atoms with van der Waals surface area (Å²) in [6, 6.07) is 20.8. The Morgan fingerprint density at radius 2 is 1.83 bits per heavy atom. The van der Waals surface area contributed by atoms with Crippen molar-refractivity contribution in [2.45, 2.75) is 64.6 Å². The Morgan fingerprint density at radius 3 is 2.56 bits per heavy atom. The van der Waals surface area contributed by atoms with Crippen molar-refractivity contribution in [1.29, 1.82) is 0 Å². The molecule has 1 unspecified atom stereocenters. The van der Waals surface area contributed by atoms with Crippen LogP contribution in [0.3, 0.4) is 0 Å². The number of piperidine rings is 1. The van der Waals surface area contributed by atoms with E-state index in [1.807, 2.05) is 32.9 Å². The number of carbonyl (C=O) groups is 1. The number of benzene rings is 2. The molecule has 2 aromatic carbocycles. The van der Waals surface area contributed by atoms with E-state index in [-0.39, 0.29) is 18.6 Å². The number of pyridine rings is 1. The van der Waals surface area contributed by atoms with Gasteiger partial charge in [0.25, 0.3) is 0 Å². The zero-order chi connectivity index (χ0) is 25.7. The van der Waals surface area contributed by atoms with Gasteiger partial charge in [-0.05, 0) is 69.2 Å². The third kappa shape index (κ3) is 6.24. The number of aromatic nitrogens is 1. The first-order valence-electron chi connectivity index (χ1n) is 12.8. The van der Waals surface area contributed by atoms with Crippen LogP contribution >= 0.6 is 0 Å². The maximum absolute atomic E-state index is 12.8. The second-order valence-corrected chi connectivity index (χ2v) is 10.5. The van der Waals surface area contributed by atoms with E-state index in [9.17, 15) is 9.90 Å². The topological polar surface area (TPSA) is 88.7 Å². The molecule has 1 saturated heterocycles. The molecule has 1 amide bonds. The van der Waals surface area contributed by atoms with Gasteiger partial charge in [-0.25, -0.2) is 9.78 Å². The predicted molar refractivity (Wildman–Crippen MR) is 144 cm³/mol. The molecular formula is C30H37N3O3. The van der Waals surface area contributed by atoms with Crippen LogP contribution in [0, 0.1) is 0 Å². The van der Waals surface area contributed by atoms with Crippen LogP contribution in [0.15, 0.2) is 60.7 Å². The standard InChI is InChI=1S/C30H37N3O3/c1-30(2,3)36-29(35)33-17-9-13-23(19-33)25-18-27(32-28(31)26(25)20-34)24-14-8-7-12-22(24)16-15-21-10-5-4-6-11-21/h4-8,10-12,14,18,23,34H,9,13,15-17,19-20H2,1-3H3,(H2,31,32). The highest BCUT2D eigenvalue weighted by molar-refractivity contribution is 5.70. The first kappa shape index (κ1) is 25.7. The summed E-state index contributed by atoms with van der Waals surface area (Å²) < 4.78 is 5.61. The van der Waals surface area contributed by atoms with Crippen molar-refractivity contribution in [3.63, 3.8) is 0 Å². The van der Waals surface area contributed by atoms with Crippen molar-refractivity contribution in [2.75, 3.05) is 18.8 Å². The maximum Gasteiger partial charge on any atom is 0.410 e. The fourth-order valence-corrected chi connectivity index (χ4v) is 4.92. The van der Waals surface area contributed by atoms with E-state index in [4.69, 9.17) is 15.5 Å². The van der Waals surface area contributed by atoms with E-state index in [1.54, 1.807) is 4.90 Å². The first-order chi connectivity index (χ1) is 17.2. The summed E-state index contributed by atoms with van der Waals surface area (Å²) in [5, 5.41) is 10.2. The SMILES string of the molecule is CC(C)(C)OC(=O)N1CCCC(c2cc(-c3ccccc3CCc3ccccc3)nc(N)c2CO)C1. The minimum atomic E-state index is -0.544. The highest BCUT2D eigenvalue weighted by Crippen LogP contribution is 2.35. The Balaban J connectivity index is 1.63. The number of aryl methyl sites for hydroxylation is 2. The number of hydrogen-bond donors (Lipinski definition) is 2. The van der Waals surface area contributed by atoms with Gasteiger partial charge in [-0.2, -0.15) is 0 Å². The Hall–Kier alpha value is -3.38. The van der Waals surface area contributed by atoms with E-state index in [2.05, 4.69) is 48.5 Å². The van der Waals surface area contributed by atoms with Gasteiger partial charge in [0, 0.05) is 30.1 Å². The van der Waals surface area contributed by atoms with Crippen molar-refractivity contribution < 1.29 is 14.6 Å². The summed E-state index contributed by atoms with van der Waals surface area (Å²) in [4.78, 5) is 19.2. The molecule has 1 atom stereocenters. The zero-order valence-electron chi connectivity index (χ0n) is 21.5. The lowest BCUT2D eigenvalue weighted by Crippen LogP contribution is -2.42. The average molecular weight is 488 g/mol. The third-order valence-electron chi connectivity index (χ3n) is 6.68. The van der Waals surface area contributed by atoms with Gasteiger partial charge in [-0.3, -0.25) is 0 Å². The molecule has 190 valence electrons. The summed E-state index contributed by atoms with van der Waals surface area (Å²) in [5.74, 6) is 0.395. The summed E-state index contributed by atoms with van der Waals surface area (Å²) in [6.07, 6.45) is 3.29. The molecule has 1 aliphatic rings. The fourth-order valence-electron chi connectivity index (χ4n) is 4.92. The smallest absolute Gasteiger partial charge is 0.410 e. The zero-order valence-corrected chi connectivity index (χ0v) is 21.5. The average Bonchev–Trinajstić information content (AvgIpc) is 2.87. The highest BCUT2D eigenvalue weighted by atomic mass is 16.6. The number of carbonyl (C=O) groups excluding carboxylic acids is 1. The van der Waals surface area contributed by atoms with Gasteiger partial charge in [0.1, 0.15) is 11.4 Å². The summed E-state index contributed by atoms with van der Waals surface area (Å²) >= 11 is 0. The Kier molecular flexibility index (Phi) is 7.94. The number of hydrogen-bond acceptors (Lipinski definition) is 5. The Morgan fingerprint density at radius 1 is 1.11 bits per heavy atom. The lowest BCUT2D eigenvalue weighted by atomic mass is 9.86. The summed E-state index contributed by atoms with van der Waals surface area (Å²) in [7, 11) is 0. The molecule has 0 saturated carbocycles. The van der Waals surface area contributed by atoms with Crippen molar-refractivity contribution >= 4 is 11.9 Å². The van der Waals surface area contributed by atoms with Crippen LogP contribution < -0.4 is 5.73 Å². The van der Waals surface area contributed by atoms with Crippen LogP contribution in [0.5, 0.6) is 0 Å². The van der Waals surface area contributed by atoms with E-state index < -0.39 is 5.60 Å². The number of nitrogens with two attached hydrogens (primary N) is 1. The molecule has 0 aliphatic carbocycles. The monoisotopic (exact) mass is 487 g/mol. The summed E-state index contributed by atoms with van der Waals surface area (Å²) in [5.41, 5.74) is 11.8. The maximum atomic E-state index is 12.8. The third-order valence-corrected chi connectivity index (χ3v) is 6.68. The molecule has 1 fully saturated rings. The number of ether oxygens (including phenoxy) is 1. The molecule has 0 spiro atoms. The van der Waals surface area contributed by atoms with Crippen molar-refractivity contribution in [2.24, 2.45) is 0 Å². The lowest BCUT2D eigenvalue weighted by molar-refractivity contribution is 0.0198. The molecule has 0 bridgehead atoms. The minimum absolute atomic E-state index is 0.0500. The van der Waals surface area contributed by atoms with Crippen molar-refractivity contribution in [3.8, 4) is 11.3 Å². The normalized spacial score (nSPS) is 16.1. The number of aliphatic hydroxyl groups excluding tert-OH is 1. The van der Waals surface area contributed by atoms with Gasteiger partial charge in [-0.15, -0.1) is 0 Å². The second-order valence-electron chi connectivity index (χ2n) is 10.5. The molecular weight excluding hydrogens is 450 g/mol. The van der Waals surface area contributed by atoms with Gasteiger partial charge in [0.2, 0.25) is 0 Å². The number of amides is 1. The molecule has 4 rings (SSSR count). The molecule has 6 nitrogen and oxygen atoms in total. The quantitative estimate of drug-likeness (QED) is 0.464. The van der Waals surface area contributed by atoms with Gasteiger partial charge < -0.3 is 20.5 Å². The summed E-state index contributed by atoms with van der Waals surface area (Å²) in [6.45, 7) is 6.63. The Labute approximate surface area is 214 Å². The van der Waals surface area contributed by atoms with Crippen LogP contribution in [0.25, 0.3) is 11.3 Å². The van der Waals surface area contributed by atoms with E-state index in [0.29, 0.717) is 24.5 Å². The van der Waals surface area contributed by atoms with Gasteiger partial charge in [0.05, 0.1) is 12.3 Å². The number of nitrogens with zero attached hydrogens (tertiary/aromatic N) is 2. The van der Waals surface area contributed by atoms with Crippen LogP contribution in [0.2, 0.25) is 0 Å². The van der Waals surface area contributed by atoms with Crippen LogP contribution in [0.4, 0.5) is 10.6 Å². The first-order valence-corrected chi connectivity index (χ1v) is 12.8. The number of aliphatic hydroxyl groups is 1. The van der Waals surface area contributed by atoms with Crippen molar-refractivity contribution in [3.05, 3.63) is 82.9 Å². The van der Waals surface area contributed by atoms with E-state index >= 15 is 0 Å². The highest BCUT2D eigenvalue weighted by Gasteiger charge is 2.30. The van der Waals surface area contributed by atoms with Crippen molar-refractivity contribution in [1.82, 2.24) is 9.88 Å². The Bertz CT molecular complexity index is 1190. The molecule has 1 aromatic heterocycles. The largest absolute Gasteiger partial charge is 0.444 e. The number of likely N-dealkylation sites (tertiary alicyclic amines) is 1. The van der Waals surface area contributed by atoms with E-state index in [1.165, 1.54) is 11.1 Å². The molecule has 3 N–H and O–H groups in total. The van der Waals surface area contributed by atoms with E-state index in [0.717, 1.165) is 42.5 Å². The van der Waals surface area contributed by atoms with Gasteiger partial charge >= 0.3 is 6.09 Å². The minimum Gasteiger partial charge on any atom is -0.444 e. The van der Waals surface area contributed by atoms with Crippen LogP contribution in [-0.2, 0) is 24.2 Å². The lowest BCUT2D eigenvalue weighted by Gasteiger charge is -2.35. The molecule has 2 heterocycles. The second kappa shape index (κ2) is 11.1. The number of anilines is 1. The fraction of sp³-hybridized carbons (Fsp3) is 0.400.